The highest BCUT2D eigenvalue weighted by atomic mass is 35.5. The second-order valence-corrected chi connectivity index (χ2v) is 7.02. The standard InChI is InChI=1S/C19H10ClF2N3O2S/c20-11-3-6-14(22)13(9-11)18(26)23-15-7-8-28-16(15)19-24-17(25-27-19)10-1-4-12(21)5-2-10/h1-9H,(H,23,26). The van der Waals surface area contributed by atoms with E-state index >= 15 is 0 Å². The number of carbonyl (C=O) groups is 1. The molecule has 9 heteroatoms. The van der Waals surface area contributed by atoms with Gasteiger partial charge in [0.05, 0.1) is 11.3 Å². The summed E-state index contributed by atoms with van der Waals surface area (Å²) in [5, 5.41) is 8.48. The van der Waals surface area contributed by atoms with Crippen molar-refractivity contribution in [3.63, 3.8) is 0 Å². The maximum atomic E-state index is 13.9. The molecule has 0 bridgehead atoms. The quantitative estimate of drug-likeness (QED) is 0.466. The first-order chi connectivity index (χ1) is 13.5. The monoisotopic (exact) mass is 417 g/mol. The molecule has 4 rings (SSSR count). The lowest BCUT2D eigenvalue weighted by Crippen LogP contribution is -2.13. The van der Waals surface area contributed by atoms with Crippen molar-refractivity contribution in [1.29, 1.82) is 0 Å². The lowest BCUT2D eigenvalue weighted by molar-refractivity contribution is 0.102. The fourth-order valence-electron chi connectivity index (χ4n) is 2.47. The lowest BCUT2D eigenvalue weighted by Gasteiger charge is -2.06. The maximum Gasteiger partial charge on any atom is 0.270 e. The molecule has 0 atom stereocenters. The zero-order chi connectivity index (χ0) is 19.7. The van der Waals surface area contributed by atoms with Crippen molar-refractivity contribution in [2.75, 3.05) is 5.32 Å². The zero-order valence-corrected chi connectivity index (χ0v) is 15.5. The molecule has 0 saturated carbocycles. The molecule has 0 aliphatic carbocycles. The van der Waals surface area contributed by atoms with Gasteiger partial charge in [-0.2, -0.15) is 4.98 Å². The molecule has 0 aliphatic rings. The van der Waals surface area contributed by atoms with Crippen LogP contribution in [0.25, 0.3) is 22.2 Å². The van der Waals surface area contributed by atoms with Crippen molar-refractivity contribution < 1.29 is 18.1 Å². The lowest BCUT2D eigenvalue weighted by atomic mass is 10.2. The summed E-state index contributed by atoms with van der Waals surface area (Å²) in [5.74, 6) is -1.25. The van der Waals surface area contributed by atoms with Gasteiger partial charge >= 0.3 is 0 Å². The molecule has 1 N–H and O–H groups in total. The van der Waals surface area contributed by atoms with Crippen LogP contribution >= 0.6 is 22.9 Å². The number of amides is 1. The van der Waals surface area contributed by atoms with Crippen LogP contribution in [0.5, 0.6) is 0 Å². The largest absolute Gasteiger partial charge is 0.333 e. The Bertz CT molecular complexity index is 1160. The number of halogens is 3. The van der Waals surface area contributed by atoms with E-state index in [9.17, 15) is 13.6 Å². The number of nitrogens with one attached hydrogen (secondary N) is 1. The first-order valence-electron chi connectivity index (χ1n) is 7.95. The average Bonchev–Trinajstić information content (AvgIpc) is 3.33. The fourth-order valence-corrected chi connectivity index (χ4v) is 3.41. The molecule has 0 saturated heterocycles. The second-order valence-electron chi connectivity index (χ2n) is 5.67. The third-order valence-electron chi connectivity index (χ3n) is 3.81. The van der Waals surface area contributed by atoms with E-state index in [1.807, 2.05) is 0 Å². The molecule has 0 fully saturated rings. The zero-order valence-electron chi connectivity index (χ0n) is 13.9. The minimum absolute atomic E-state index is 0.177. The molecule has 4 aromatic rings. The van der Waals surface area contributed by atoms with Gasteiger partial charge in [0, 0.05) is 10.6 Å². The Balaban J connectivity index is 1.60. The van der Waals surface area contributed by atoms with E-state index in [0.29, 0.717) is 16.1 Å². The van der Waals surface area contributed by atoms with Gasteiger partial charge in [0.15, 0.2) is 0 Å². The first kappa shape index (κ1) is 18.3. The van der Waals surface area contributed by atoms with Crippen LogP contribution < -0.4 is 5.32 Å². The molecular weight excluding hydrogens is 408 g/mol. The van der Waals surface area contributed by atoms with Crippen LogP contribution in [0, 0.1) is 11.6 Å². The number of hydrogen-bond acceptors (Lipinski definition) is 5. The van der Waals surface area contributed by atoms with E-state index in [1.165, 1.54) is 47.7 Å². The Morgan fingerprint density at radius 1 is 1.11 bits per heavy atom. The summed E-state index contributed by atoms with van der Waals surface area (Å²) in [6.45, 7) is 0. The van der Waals surface area contributed by atoms with Gasteiger partial charge in [0.25, 0.3) is 11.8 Å². The van der Waals surface area contributed by atoms with Crippen LogP contribution in [0.1, 0.15) is 10.4 Å². The SMILES string of the molecule is O=C(Nc1ccsc1-c1nc(-c2ccc(F)cc2)no1)c1cc(Cl)ccc1F. The van der Waals surface area contributed by atoms with E-state index < -0.39 is 11.7 Å². The predicted molar refractivity (Wildman–Crippen MR) is 102 cm³/mol. The molecule has 2 aromatic heterocycles. The van der Waals surface area contributed by atoms with Crippen molar-refractivity contribution in [2.24, 2.45) is 0 Å². The summed E-state index contributed by atoms with van der Waals surface area (Å²) in [6, 6.07) is 11.0. The predicted octanol–water partition coefficient (Wildman–Crippen LogP) is 5.65. The van der Waals surface area contributed by atoms with Crippen molar-refractivity contribution in [3.8, 4) is 22.2 Å². The number of aromatic nitrogens is 2. The molecule has 0 unspecified atom stereocenters. The number of rotatable bonds is 4. The molecule has 2 heterocycles. The van der Waals surface area contributed by atoms with Crippen LogP contribution in [0.3, 0.4) is 0 Å². The number of thiophene rings is 1. The van der Waals surface area contributed by atoms with E-state index in [-0.39, 0.29) is 28.1 Å². The van der Waals surface area contributed by atoms with E-state index in [1.54, 1.807) is 11.4 Å². The van der Waals surface area contributed by atoms with Crippen LogP contribution in [-0.2, 0) is 0 Å². The minimum Gasteiger partial charge on any atom is -0.333 e. The van der Waals surface area contributed by atoms with Gasteiger partial charge in [-0.05, 0) is 53.9 Å². The topological polar surface area (TPSA) is 68.0 Å². The normalized spacial score (nSPS) is 10.8. The molecule has 1 amide bonds. The van der Waals surface area contributed by atoms with Crippen molar-refractivity contribution in [3.05, 3.63) is 76.1 Å². The Kier molecular flexibility index (Phi) is 4.89. The maximum absolute atomic E-state index is 13.9. The Morgan fingerprint density at radius 2 is 1.89 bits per heavy atom. The third kappa shape index (κ3) is 3.64. The van der Waals surface area contributed by atoms with E-state index in [2.05, 4.69) is 15.5 Å². The van der Waals surface area contributed by atoms with E-state index in [0.717, 1.165) is 6.07 Å². The van der Waals surface area contributed by atoms with Crippen molar-refractivity contribution >= 4 is 34.5 Å². The molecular formula is C19H10ClF2N3O2S. The van der Waals surface area contributed by atoms with Crippen LogP contribution in [0.2, 0.25) is 5.02 Å². The van der Waals surface area contributed by atoms with Gasteiger partial charge < -0.3 is 9.84 Å². The summed E-state index contributed by atoms with van der Waals surface area (Å²) in [7, 11) is 0. The molecule has 2 aromatic carbocycles. The molecule has 5 nitrogen and oxygen atoms in total. The number of anilines is 1. The Morgan fingerprint density at radius 3 is 2.68 bits per heavy atom. The number of hydrogen-bond donors (Lipinski definition) is 1. The Labute approximate surface area is 166 Å². The van der Waals surface area contributed by atoms with Crippen LogP contribution in [0.4, 0.5) is 14.5 Å². The van der Waals surface area contributed by atoms with Gasteiger partial charge in [-0.15, -0.1) is 11.3 Å². The van der Waals surface area contributed by atoms with Crippen LogP contribution in [-0.4, -0.2) is 16.0 Å². The third-order valence-corrected chi connectivity index (χ3v) is 4.95. The van der Waals surface area contributed by atoms with Gasteiger partial charge in [-0.3, -0.25) is 4.79 Å². The molecule has 0 aliphatic heterocycles. The van der Waals surface area contributed by atoms with Gasteiger partial charge in [-0.25, -0.2) is 8.78 Å². The highest BCUT2D eigenvalue weighted by Crippen LogP contribution is 2.34. The summed E-state index contributed by atoms with van der Waals surface area (Å²) in [6.07, 6.45) is 0. The van der Waals surface area contributed by atoms with Gasteiger partial charge in [-0.1, -0.05) is 16.8 Å². The number of carbonyl (C=O) groups excluding carboxylic acids is 1. The fraction of sp³-hybridized carbons (Fsp3) is 0. The number of benzene rings is 2. The summed E-state index contributed by atoms with van der Waals surface area (Å²) in [4.78, 5) is 17.2. The van der Waals surface area contributed by atoms with Crippen LogP contribution in [0.15, 0.2) is 58.4 Å². The molecule has 0 spiro atoms. The smallest absolute Gasteiger partial charge is 0.270 e. The first-order valence-corrected chi connectivity index (χ1v) is 9.21. The number of nitrogens with zero attached hydrogens (tertiary/aromatic N) is 2. The van der Waals surface area contributed by atoms with Crippen molar-refractivity contribution in [2.45, 2.75) is 0 Å². The molecule has 0 radical (unpaired) electrons. The highest BCUT2D eigenvalue weighted by molar-refractivity contribution is 7.14. The Hall–Kier alpha value is -3.10. The summed E-state index contributed by atoms with van der Waals surface area (Å²) in [5.41, 5.74) is 0.797. The molecule has 140 valence electrons. The summed E-state index contributed by atoms with van der Waals surface area (Å²) >= 11 is 7.11. The van der Waals surface area contributed by atoms with Crippen molar-refractivity contribution in [1.82, 2.24) is 10.1 Å². The average molecular weight is 418 g/mol. The highest BCUT2D eigenvalue weighted by Gasteiger charge is 2.19. The van der Waals surface area contributed by atoms with E-state index in [4.69, 9.17) is 16.1 Å². The van der Waals surface area contributed by atoms with Gasteiger partial charge in [0.2, 0.25) is 5.82 Å². The second kappa shape index (κ2) is 7.49. The van der Waals surface area contributed by atoms with Gasteiger partial charge in [0.1, 0.15) is 16.5 Å². The summed E-state index contributed by atoms with van der Waals surface area (Å²) < 4.78 is 32.2. The molecule has 28 heavy (non-hydrogen) atoms. The minimum atomic E-state index is -0.685.